The Hall–Kier alpha value is -2.04. The highest BCUT2D eigenvalue weighted by Gasteiger charge is 2.36. The molecule has 130 valence electrons. The number of rotatable bonds is 2. The van der Waals surface area contributed by atoms with Gasteiger partial charge in [0.05, 0.1) is 5.92 Å². The van der Waals surface area contributed by atoms with Crippen LogP contribution in [0.5, 0.6) is 0 Å². The van der Waals surface area contributed by atoms with E-state index in [-0.39, 0.29) is 23.8 Å². The van der Waals surface area contributed by atoms with Gasteiger partial charge < -0.3 is 14.7 Å². The van der Waals surface area contributed by atoms with E-state index in [9.17, 15) is 9.59 Å². The average molecular weight is 329 g/mol. The predicted octanol–water partition coefficient (Wildman–Crippen LogP) is 2.11. The van der Waals surface area contributed by atoms with Crippen LogP contribution in [0.25, 0.3) is 0 Å². The first-order valence-electron chi connectivity index (χ1n) is 8.86. The van der Waals surface area contributed by atoms with Gasteiger partial charge in [-0.25, -0.2) is 0 Å². The van der Waals surface area contributed by atoms with Crippen LogP contribution >= 0.6 is 0 Å². The van der Waals surface area contributed by atoms with Crippen LogP contribution in [0.1, 0.15) is 32.3 Å². The molecule has 2 aliphatic rings. The second-order valence-electron chi connectivity index (χ2n) is 6.99. The average Bonchev–Trinajstić information content (AvgIpc) is 3.02. The zero-order valence-corrected chi connectivity index (χ0v) is 14.9. The molecule has 1 saturated heterocycles. The number of likely N-dealkylation sites (tertiary alicyclic amines) is 1. The Kier molecular flexibility index (Phi) is 4.78. The second-order valence-corrected chi connectivity index (χ2v) is 6.99. The molecule has 1 fully saturated rings. The number of carbonyl (C=O) groups is 2. The van der Waals surface area contributed by atoms with Gasteiger partial charge >= 0.3 is 0 Å². The number of fused-ring (bicyclic) bond motifs is 1. The summed E-state index contributed by atoms with van der Waals surface area (Å²) in [6.45, 7) is 6.51. The van der Waals surface area contributed by atoms with Crippen LogP contribution in [0, 0.1) is 5.92 Å². The fourth-order valence-corrected chi connectivity index (χ4v) is 3.93. The lowest BCUT2D eigenvalue weighted by Gasteiger charge is -2.32. The van der Waals surface area contributed by atoms with E-state index < -0.39 is 0 Å². The van der Waals surface area contributed by atoms with Gasteiger partial charge in [0.15, 0.2) is 0 Å². The highest BCUT2D eigenvalue weighted by atomic mass is 16.2. The standard InChI is InChI=1S/C19H27N3O2/c1-4-17-13-20(3)18-8-6-5-7-15(18)12-22(17)19(24)16-9-10-21(11-16)14(2)23/h5-8,16-17H,4,9-13H2,1-3H3/t16-,17+/m0/s1. The van der Waals surface area contributed by atoms with E-state index >= 15 is 0 Å². The van der Waals surface area contributed by atoms with Crippen molar-refractivity contribution in [1.29, 1.82) is 0 Å². The minimum Gasteiger partial charge on any atom is -0.372 e. The number of amides is 2. The van der Waals surface area contributed by atoms with E-state index in [4.69, 9.17) is 0 Å². The van der Waals surface area contributed by atoms with E-state index in [1.165, 1.54) is 11.3 Å². The molecule has 2 heterocycles. The summed E-state index contributed by atoms with van der Waals surface area (Å²) in [5.41, 5.74) is 2.41. The summed E-state index contributed by atoms with van der Waals surface area (Å²) < 4.78 is 0. The lowest BCUT2D eigenvalue weighted by atomic mass is 10.0. The van der Waals surface area contributed by atoms with Gasteiger partial charge in [-0.15, -0.1) is 0 Å². The zero-order valence-electron chi connectivity index (χ0n) is 14.9. The SMILES string of the molecule is CC[C@@H]1CN(C)c2ccccc2CN1C(=O)[C@H]1CCN(C(C)=O)C1. The first kappa shape index (κ1) is 16.8. The molecule has 5 heteroatoms. The second kappa shape index (κ2) is 6.83. The molecule has 2 amide bonds. The molecule has 0 aromatic heterocycles. The van der Waals surface area contributed by atoms with Crippen molar-refractivity contribution in [3.05, 3.63) is 29.8 Å². The summed E-state index contributed by atoms with van der Waals surface area (Å²) >= 11 is 0. The van der Waals surface area contributed by atoms with Crippen molar-refractivity contribution in [2.45, 2.75) is 39.3 Å². The smallest absolute Gasteiger partial charge is 0.228 e. The number of benzene rings is 1. The van der Waals surface area contributed by atoms with Crippen molar-refractivity contribution in [1.82, 2.24) is 9.80 Å². The van der Waals surface area contributed by atoms with Crippen molar-refractivity contribution >= 4 is 17.5 Å². The van der Waals surface area contributed by atoms with E-state index in [1.54, 1.807) is 11.8 Å². The summed E-state index contributed by atoms with van der Waals surface area (Å²) in [5.74, 6) is 0.215. The van der Waals surface area contributed by atoms with Crippen LogP contribution < -0.4 is 4.90 Å². The highest BCUT2D eigenvalue weighted by molar-refractivity contribution is 5.82. The first-order chi connectivity index (χ1) is 11.5. The normalized spacial score (nSPS) is 23.9. The minimum absolute atomic E-state index is 0.0569. The van der Waals surface area contributed by atoms with Gasteiger partial charge in [0.2, 0.25) is 11.8 Å². The lowest BCUT2D eigenvalue weighted by Crippen LogP contribution is -2.46. The Bertz CT molecular complexity index is 631. The molecule has 0 unspecified atom stereocenters. The van der Waals surface area contributed by atoms with Gasteiger partial charge in [0.1, 0.15) is 0 Å². The third-order valence-corrected chi connectivity index (χ3v) is 5.41. The Morgan fingerprint density at radius 1 is 1.21 bits per heavy atom. The van der Waals surface area contributed by atoms with E-state index in [0.29, 0.717) is 19.6 Å². The van der Waals surface area contributed by atoms with Gasteiger partial charge in [-0.05, 0) is 24.5 Å². The lowest BCUT2D eigenvalue weighted by molar-refractivity contribution is -0.138. The molecule has 0 aliphatic carbocycles. The van der Waals surface area contributed by atoms with Gasteiger partial charge in [-0.1, -0.05) is 25.1 Å². The molecule has 0 radical (unpaired) electrons. The number of hydrogen-bond donors (Lipinski definition) is 0. The quantitative estimate of drug-likeness (QED) is 0.835. The molecule has 0 spiro atoms. The summed E-state index contributed by atoms with van der Waals surface area (Å²) in [4.78, 5) is 30.8. The van der Waals surface area contributed by atoms with Gasteiger partial charge in [-0.3, -0.25) is 9.59 Å². The topological polar surface area (TPSA) is 43.9 Å². The molecule has 0 bridgehead atoms. The maximum atomic E-state index is 13.2. The largest absolute Gasteiger partial charge is 0.372 e. The first-order valence-corrected chi connectivity index (χ1v) is 8.86. The van der Waals surface area contributed by atoms with Crippen LogP contribution in [-0.4, -0.2) is 54.3 Å². The third-order valence-electron chi connectivity index (χ3n) is 5.41. The monoisotopic (exact) mass is 329 g/mol. The molecular weight excluding hydrogens is 302 g/mol. The number of nitrogens with zero attached hydrogens (tertiary/aromatic N) is 3. The predicted molar refractivity (Wildman–Crippen MR) is 94.7 cm³/mol. The number of anilines is 1. The Morgan fingerprint density at radius 2 is 1.96 bits per heavy atom. The minimum atomic E-state index is -0.0569. The Balaban J connectivity index is 1.83. The van der Waals surface area contributed by atoms with Crippen molar-refractivity contribution in [2.24, 2.45) is 5.92 Å². The molecular formula is C19H27N3O2. The highest BCUT2D eigenvalue weighted by Crippen LogP contribution is 2.29. The van der Waals surface area contributed by atoms with Crippen molar-refractivity contribution in [3.63, 3.8) is 0 Å². The molecule has 24 heavy (non-hydrogen) atoms. The number of para-hydroxylation sites is 1. The molecule has 2 aliphatic heterocycles. The molecule has 0 saturated carbocycles. The van der Waals surface area contributed by atoms with Crippen molar-refractivity contribution < 1.29 is 9.59 Å². The molecule has 5 nitrogen and oxygen atoms in total. The maximum Gasteiger partial charge on any atom is 0.228 e. The molecule has 1 aromatic carbocycles. The van der Waals surface area contributed by atoms with E-state index in [1.807, 2.05) is 6.07 Å². The molecule has 3 rings (SSSR count). The van der Waals surface area contributed by atoms with Gasteiger partial charge in [0, 0.05) is 51.9 Å². The van der Waals surface area contributed by atoms with Crippen LogP contribution in [0.15, 0.2) is 24.3 Å². The molecule has 0 N–H and O–H groups in total. The van der Waals surface area contributed by atoms with Crippen molar-refractivity contribution in [3.8, 4) is 0 Å². The van der Waals surface area contributed by atoms with Gasteiger partial charge in [-0.2, -0.15) is 0 Å². The van der Waals surface area contributed by atoms with Gasteiger partial charge in [0.25, 0.3) is 0 Å². The fourth-order valence-electron chi connectivity index (χ4n) is 3.93. The summed E-state index contributed by atoms with van der Waals surface area (Å²) in [6.07, 6.45) is 1.72. The number of likely N-dealkylation sites (N-methyl/N-ethyl adjacent to an activating group) is 1. The van der Waals surface area contributed by atoms with Crippen LogP contribution in [0.4, 0.5) is 5.69 Å². The number of carbonyl (C=O) groups excluding carboxylic acids is 2. The zero-order chi connectivity index (χ0) is 17.3. The van der Waals surface area contributed by atoms with Crippen molar-refractivity contribution in [2.75, 3.05) is 31.6 Å². The number of hydrogen-bond acceptors (Lipinski definition) is 3. The summed E-state index contributed by atoms with van der Waals surface area (Å²) in [7, 11) is 2.10. The summed E-state index contributed by atoms with van der Waals surface area (Å²) in [6, 6.07) is 8.54. The molecule has 2 atom stereocenters. The van der Waals surface area contributed by atoms with Crippen LogP contribution in [0.3, 0.4) is 0 Å². The van der Waals surface area contributed by atoms with E-state index in [2.05, 4.69) is 42.0 Å². The molecule has 1 aromatic rings. The third kappa shape index (κ3) is 3.12. The maximum absolute atomic E-state index is 13.2. The Labute approximate surface area is 144 Å². The summed E-state index contributed by atoms with van der Waals surface area (Å²) in [5, 5.41) is 0. The Morgan fingerprint density at radius 3 is 2.62 bits per heavy atom. The fraction of sp³-hybridized carbons (Fsp3) is 0.579. The van der Waals surface area contributed by atoms with Crippen LogP contribution in [0.2, 0.25) is 0 Å². The van der Waals surface area contributed by atoms with Crippen LogP contribution in [-0.2, 0) is 16.1 Å². The van der Waals surface area contributed by atoms with E-state index in [0.717, 1.165) is 19.4 Å².